The zero-order valence-corrected chi connectivity index (χ0v) is 15.7. The van der Waals surface area contributed by atoms with Crippen LogP contribution in [-0.2, 0) is 0 Å². The number of carboxylic acid groups (broad SMARTS) is 1. The first-order valence-electron chi connectivity index (χ1n) is 8.43. The van der Waals surface area contributed by atoms with E-state index in [2.05, 4.69) is 52.7 Å². The van der Waals surface area contributed by atoms with Gasteiger partial charge >= 0.3 is 5.97 Å². The van der Waals surface area contributed by atoms with Gasteiger partial charge < -0.3 is 10.4 Å². The first kappa shape index (κ1) is 17.2. The molecule has 5 nitrogen and oxygen atoms in total. The highest BCUT2D eigenvalue weighted by atomic mass is 32.1. The Bertz CT molecular complexity index is 1150. The molecule has 0 amide bonds. The van der Waals surface area contributed by atoms with Crippen molar-refractivity contribution in [1.82, 2.24) is 9.97 Å². The van der Waals surface area contributed by atoms with Crippen molar-refractivity contribution < 1.29 is 9.90 Å². The molecule has 0 spiro atoms. The van der Waals surface area contributed by atoms with Crippen LogP contribution in [0.25, 0.3) is 21.3 Å². The zero-order valence-electron chi connectivity index (χ0n) is 14.9. The number of anilines is 2. The fourth-order valence-corrected chi connectivity index (χ4v) is 4.02. The number of benzene rings is 2. The lowest BCUT2D eigenvalue weighted by Gasteiger charge is -2.10. The van der Waals surface area contributed by atoms with Crippen LogP contribution in [0.1, 0.15) is 21.5 Å². The highest BCUT2D eigenvalue weighted by molar-refractivity contribution is 7.17. The number of carboxylic acids is 1. The normalized spacial score (nSPS) is 10.9. The van der Waals surface area contributed by atoms with Crippen molar-refractivity contribution in [3.8, 4) is 11.1 Å². The largest absolute Gasteiger partial charge is 0.478 e. The number of aromatic nitrogens is 2. The molecule has 0 unspecified atom stereocenters. The van der Waals surface area contributed by atoms with Gasteiger partial charge in [-0.15, -0.1) is 11.3 Å². The maximum atomic E-state index is 11.0. The fourth-order valence-electron chi connectivity index (χ4n) is 3.12. The molecular weight excluding hydrogens is 358 g/mol. The van der Waals surface area contributed by atoms with Gasteiger partial charge in [-0.1, -0.05) is 23.8 Å². The van der Waals surface area contributed by atoms with Crippen LogP contribution in [0.5, 0.6) is 0 Å². The Balaban J connectivity index is 1.79. The molecule has 0 saturated carbocycles. The molecule has 2 heterocycles. The summed E-state index contributed by atoms with van der Waals surface area (Å²) in [5.74, 6) is -0.236. The minimum absolute atomic E-state index is 0.250. The monoisotopic (exact) mass is 375 g/mol. The molecular formula is C21H17N3O2S. The van der Waals surface area contributed by atoms with Crippen molar-refractivity contribution in [3.63, 3.8) is 0 Å². The molecule has 0 bridgehead atoms. The molecule has 2 N–H and O–H groups in total. The number of carbonyl (C=O) groups is 1. The molecule has 0 aliphatic heterocycles. The van der Waals surface area contributed by atoms with Gasteiger partial charge in [0.25, 0.3) is 0 Å². The average molecular weight is 375 g/mol. The van der Waals surface area contributed by atoms with Crippen LogP contribution in [0.15, 0.2) is 54.2 Å². The standard InChI is InChI=1S/C21H17N3O2S/c1-12-3-8-16(13(2)9-12)17-10-27-20-18(17)19(22-11-23-20)24-15-6-4-14(5-7-15)21(25)26/h3-11H,1-2H3,(H,25,26)(H,22,23,24). The minimum atomic E-state index is -0.944. The smallest absolute Gasteiger partial charge is 0.335 e. The van der Waals surface area contributed by atoms with Gasteiger partial charge in [0.15, 0.2) is 0 Å². The van der Waals surface area contributed by atoms with Crippen molar-refractivity contribution in [2.24, 2.45) is 0 Å². The molecule has 4 aromatic rings. The van der Waals surface area contributed by atoms with Crippen LogP contribution >= 0.6 is 11.3 Å². The maximum absolute atomic E-state index is 11.0. The third kappa shape index (κ3) is 3.27. The molecule has 0 fully saturated rings. The van der Waals surface area contributed by atoms with Crippen molar-refractivity contribution in [3.05, 3.63) is 70.9 Å². The zero-order chi connectivity index (χ0) is 19.0. The third-order valence-corrected chi connectivity index (χ3v) is 5.32. The van der Waals surface area contributed by atoms with Crippen molar-refractivity contribution in [1.29, 1.82) is 0 Å². The van der Waals surface area contributed by atoms with E-state index in [1.807, 2.05) is 0 Å². The molecule has 0 aliphatic carbocycles. The van der Waals surface area contributed by atoms with E-state index in [1.54, 1.807) is 41.9 Å². The van der Waals surface area contributed by atoms with Crippen LogP contribution in [0.4, 0.5) is 11.5 Å². The van der Waals surface area contributed by atoms with E-state index < -0.39 is 5.97 Å². The van der Waals surface area contributed by atoms with Crippen LogP contribution in [0.2, 0.25) is 0 Å². The number of aryl methyl sites for hydroxylation is 2. The molecule has 0 atom stereocenters. The van der Waals surface area contributed by atoms with Gasteiger partial charge in [-0.05, 0) is 49.2 Å². The van der Waals surface area contributed by atoms with Crippen LogP contribution in [0, 0.1) is 13.8 Å². The van der Waals surface area contributed by atoms with Gasteiger partial charge in [-0.3, -0.25) is 0 Å². The van der Waals surface area contributed by atoms with Crippen LogP contribution in [0.3, 0.4) is 0 Å². The maximum Gasteiger partial charge on any atom is 0.335 e. The van der Waals surface area contributed by atoms with Crippen molar-refractivity contribution >= 4 is 39.0 Å². The number of hydrogen-bond donors (Lipinski definition) is 2. The third-order valence-electron chi connectivity index (χ3n) is 4.44. The average Bonchev–Trinajstić information content (AvgIpc) is 3.07. The first-order valence-corrected chi connectivity index (χ1v) is 9.31. The fraction of sp³-hybridized carbons (Fsp3) is 0.0952. The van der Waals surface area contributed by atoms with Crippen LogP contribution in [-0.4, -0.2) is 21.0 Å². The molecule has 134 valence electrons. The summed E-state index contributed by atoms with van der Waals surface area (Å²) in [6.07, 6.45) is 1.54. The van der Waals surface area contributed by atoms with E-state index in [9.17, 15) is 4.79 Å². The van der Waals surface area contributed by atoms with E-state index in [0.717, 1.165) is 27.0 Å². The molecule has 2 aromatic carbocycles. The summed E-state index contributed by atoms with van der Waals surface area (Å²) in [4.78, 5) is 20.8. The summed E-state index contributed by atoms with van der Waals surface area (Å²) >= 11 is 1.58. The highest BCUT2D eigenvalue weighted by Crippen LogP contribution is 2.38. The van der Waals surface area contributed by atoms with E-state index >= 15 is 0 Å². The minimum Gasteiger partial charge on any atom is -0.478 e. The van der Waals surface area contributed by atoms with Gasteiger partial charge in [0, 0.05) is 16.6 Å². The predicted molar refractivity (Wildman–Crippen MR) is 109 cm³/mol. The molecule has 2 aromatic heterocycles. The molecule has 0 aliphatic rings. The van der Waals surface area contributed by atoms with Gasteiger partial charge in [0.2, 0.25) is 0 Å². The second-order valence-corrected chi connectivity index (χ2v) is 7.24. The lowest BCUT2D eigenvalue weighted by atomic mass is 9.99. The number of aromatic carboxylic acids is 1. The van der Waals surface area contributed by atoms with E-state index in [-0.39, 0.29) is 5.56 Å². The number of thiophene rings is 1. The second-order valence-electron chi connectivity index (χ2n) is 6.38. The Labute approximate surface area is 160 Å². The second kappa shape index (κ2) is 6.81. The topological polar surface area (TPSA) is 75.1 Å². The van der Waals surface area contributed by atoms with E-state index in [1.165, 1.54) is 11.1 Å². The van der Waals surface area contributed by atoms with Crippen molar-refractivity contribution in [2.75, 3.05) is 5.32 Å². The van der Waals surface area contributed by atoms with Crippen LogP contribution < -0.4 is 5.32 Å². The number of rotatable bonds is 4. The predicted octanol–water partition coefficient (Wildman–Crippen LogP) is 5.42. The quantitative estimate of drug-likeness (QED) is 0.498. The Morgan fingerprint density at radius 2 is 1.81 bits per heavy atom. The molecule has 6 heteroatoms. The van der Waals surface area contributed by atoms with Gasteiger partial charge in [-0.2, -0.15) is 0 Å². The van der Waals surface area contributed by atoms with Gasteiger partial charge in [0.05, 0.1) is 10.9 Å². The molecule has 27 heavy (non-hydrogen) atoms. The van der Waals surface area contributed by atoms with Gasteiger partial charge in [0.1, 0.15) is 17.0 Å². The Morgan fingerprint density at radius 1 is 1.04 bits per heavy atom. The van der Waals surface area contributed by atoms with E-state index in [4.69, 9.17) is 5.11 Å². The summed E-state index contributed by atoms with van der Waals surface area (Å²) in [5.41, 5.74) is 5.71. The molecule has 0 radical (unpaired) electrons. The Morgan fingerprint density at radius 3 is 2.52 bits per heavy atom. The number of hydrogen-bond acceptors (Lipinski definition) is 5. The SMILES string of the molecule is Cc1ccc(-c2csc3ncnc(Nc4ccc(C(=O)O)cc4)c23)c(C)c1. The van der Waals surface area contributed by atoms with E-state index in [0.29, 0.717) is 5.82 Å². The highest BCUT2D eigenvalue weighted by Gasteiger charge is 2.15. The molecule has 0 saturated heterocycles. The number of nitrogens with zero attached hydrogens (tertiary/aromatic N) is 2. The first-order chi connectivity index (χ1) is 13.0. The lowest BCUT2D eigenvalue weighted by molar-refractivity contribution is 0.0697. The Kier molecular flexibility index (Phi) is 4.33. The summed E-state index contributed by atoms with van der Waals surface area (Å²) in [6, 6.07) is 13.0. The Hall–Kier alpha value is -3.25. The summed E-state index contributed by atoms with van der Waals surface area (Å²) in [7, 11) is 0. The lowest BCUT2D eigenvalue weighted by Crippen LogP contribution is -1.98. The number of nitrogens with one attached hydrogen (secondary N) is 1. The summed E-state index contributed by atoms with van der Waals surface area (Å²) < 4.78 is 0. The van der Waals surface area contributed by atoms with Crippen molar-refractivity contribution in [2.45, 2.75) is 13.8 Å². The number of fused-ring (bicyclic) bond motifs is 1. The molecule has 4 rings (SSSR count). The van der Waals surface area contributed by atoms with Gasteiger partial charge in [-0.25, -0.2) is 14.8 Å². The summed E-state index contributed by atoms with van der Waals surface area (Å²) in [5, 5.41) is 15.4. The summed E-state index contributed by atoms with van der Waals surface area (Å²) in [6.45, 7) is 4.19.